The number of H-pyrrole nitrogens is 1. The van der Waals surface area contributed by atoms with Crippen LogP contribution in [0.15, 0.2) is 61.1 Å². The number of nitrogens with zero attached hydrogens (tertiary/aromatic N) is 3. The molecule has 6 nitrogen and oxygen atoms in total. The quantitative estimate of drug-likeness (QED) is 0.496. The Hall–Kier alpha value is -3.51. The fourth-order valence-corrected chi connectivity index (χ4v) is 5.58. The van der Waals surface area contributed by atoms with Crippen LogP contribution >= 0.6 is 0 Å². The maximum atomic E-state index is 13.3. The molecular weight excluding hydrogens is 410 g/mol. The molecule has 4 aromatic rings. The van der Waals surface area contributed by atoms with Crippen molar-refractivity contribution in [3.63, 3.8) is 0 Å². The molecule has 6 rings (SSSR count). The lowest BCUT2D eigenvalue weighted by molar-refractivity contribution is 0.0906. The molecule has 2 atom stereocenters. The van der Waals surface area contributed by atoms with Crippen molar-refractivity contribution in [3.8, 4) is 11.3 Å². The third kappa shape index (κ3) is 3.51. The minimum Gasteiger partial charge on any atom is -0.346 e. The highest BCUT2D eigenvalue weighted by molar-refractivity contribution is 5.96. The largest absolute Gasteiger partial charge is 0.346 e. The molecule has 6 heteroatoms. The summed E-state index contributed by atoms with van der Waals surface area (Å²) in [5, 5.41) is 4.39. The number of rotatable bonds is 4. The van der Waals surface area contributed by atoms with Crippen molar-refractivity contribution in [2.45, 2.75) is 38.3 Å². The molecule has 0 bridgehead atoms. The molecule has 2 aliphatic rings. The van der Waals surface area contributed by atoms with Crippen LogP contribution in [-0.4, -0.2) is 44.9 Å². The van der Waals surface area contributed by atoms with Crippen molar-refractivity contribution < 1.29 is 4.79 Å². The maximum absolute atomic E-state index is 13.3. The minimum atomic E-state index is -0.0686. The Kier molecular flexibility index (Phi) is 4.95. The average Bonchev–Trinajstić information content (AvgIpc) is 3.59. The summed E-state index contributed by atoms with van der Waals surface area (Å²) in [5.41, 5.74) is 7.15. The Bertz CT molecular complexity index is 1320. The normalized spacial score (nSPS) is 20.3. The molecule has 1 aliphatic heterocycles. The zero-order valence-corrected chi connectivity index (χ0v) is 18.7. The summed E-state index contributed by atoms with van der Waals surface area (Å²) >= 11 is 0. The molecule has 0 saturated carbocycles. The number of hydrogen-bond donors (Lipinski definition) is 2. The Morgan fingerprint density at radius 1 is 1.09 bits per heavy atom. The van der Waals surface area contributed by atoms with Crippen molar-refractivity contribution in [1.29, 1.82) is 0 Å². The Morgan fingerprint density at radius 2 is 1.97 bits per heavy atom. The second-order valence-corrected chi connectivity index (χ2v) is 9.14. The fraction of sp³-hybridized carbons (Fsp3) is 0.296. The van der Waals surface area contributed by atoms with Gasteiger partial charge in [0.2, 0.25) is 0 Å². The van der Waals surface area contributed by atoms with E-state index in [9.17, 15) is 4.79 Å². The van der Waals surface area contributed by atoms with E-state index in [1.165, 1.54) is 29.5 Å². The first-order valence-electron chi connectivity index (χ1n) is 11.7. The van der Waals surface area contributed by atoms with Gasteiger partial charge in [-0.05, 0) is 80.2 Å². The molecule has 33 heavy (non-hydrogen) atoms. The van der Waals surface area contributed by atoms with Crippen LogP contribution < -0.4 is 5.32 Å². The van der Waals surface area contributed by atoms with E-state index in [1.54, 1.807) is 12.4 Å². The number of carbonyl (C=O) groups is 1. The van der Waals surface area contributed by atoms with Gasteiger partial charge in [-0.2, -0.15) is 0 Å². The minimum absolute atomic E-state index is 0.00570. The molecule has 1 saturated heterocycles. The lowest BCUT2D eigenvalue weighted by Gasteiger charge is -2.30. The zero-order chi connectivity index (χ0) is 22.4. The molecule has 0 spiro atoms. The van der Waals surface area contributed by atoms with Crippen molar-refractivity contribution in [3.05, 3.63) is 83.3 Å². The standard InChI is InChI=1S/C27H27N5O/c1-17-5-4-6-18-15-23(32-13-2-3-14-32)25(24(17)18)31-27(33)19-7-8-22(30-16-19)20-9-11-28-26-21(20)10-12-29-26/h4-12,16,23,25H,2-3,13-15H2,1H3,(H,28,29)(H,31,33)/t23-,25+/m1/s1. The highest BCUT2D eigenvalue weighted by Crippen LogP contribution is 2.38. The van der Waals surface area contributed by atoms with Crippen molar-refractivity contribution in [2.75, 3.05) is 13.1 Å². The lowest BCUT2D eigenvalue weighted by atomic mass is 10.0. The number of amides is 1. The molecule has 1 aliphatic carbocycles. The van der Waals surface area contributed by atoms with E-state index in [0.29, 0.717) is 11.6 Å². The summed E-state index contributed by atoms with van der Waals surface area (Å²) in [6.45, 7) is 4.37. The Morgan fingerprint density at radius 3 is 2.79 bits per heavy atom. The number of aromatic nitrogens is 3. The van der Waals surface area contributed by atoms with Gasteiger partial charge in [0.25, 0.3) is 5.91 Å². The maximum Gasteiger partial charge on any atom is 0.253 e. The van der Waals surface area contributed by atoms with Gasteiger partial charge in [0, 0.05) is 35.6 Å². The van der Waals surface area contributed by atoms with Crippen LogP contribution in [0, 0.1) is 6.92 Å². The molecule has 2 N–H and O–H groups in total. The summed E-state index contributed by atoms with van der Waals surface area (Å²) < 4.78 is 0. The molecule has 0 unspecified atom stereocenters. The molecule has 1 fully saturated rings. The first-order valence-corrected chi connectivity index (χ1v) is 11.7. The van der Waals surface area contributed by atoms with Gasteiger partial charge in [0.05, 0.1) is 17.3 Å². The lowest BCUT2D eigenvalue weighted by Crippen LogP contribution is -2.43. The van der Waals surface area contributed by atoms with Gasteiger partial charge in [0.1, 0.15) is 5.65 Å². The van der Waals surface area contributed by atoms with Crippen LogP contribution in [0.5, 0.6) is 0 Å². The number of nitrogens with one attached hydrogen (secondary N) is 2. The van der Waals surface area contributed by atoms with E-state index >= 15 is 0 Å². The van der Waals surface area contributed by atoms with Gasteiger partial charge in [-0.3, -0.25) is 14.7 Å². The molecular formula is C27H27N5O. The highest BCUT2D eigenvalue weighted by Gasteiger charge is 2.39. The van der Waals surface area contributed by atoms with Crippen molar-refractivity contribution in [2.24, 2.45) is 0 Å². The first kappa shape index (κ1) is 20.1. The SMILES string of the molecule is Cc1cccc2c1[C@@H](NC(=O)c1ccc(-c3ccnc4[nH]ccc34)nc1)[C@H](N1CCCC1)C2. The van der Waals surface area contributed by atoms with Crippen LogP contribution in [0.4, 0.5) is 0 Å². The predicted octanol–water partition coefficient (Wildman–Crippen LogP) is 4.42. The second kappa shape index (κ2) is 8.12. The van der Waals surface area contributed by atoms with E-state index < -0.39 is 0 Å². The Balaban J connectivity index is 1.27. The van der Waals surface area contributed by atoms with E-state index in [4.69, 9.17) is 0 Å². The third-order valence-corrected chi connectivity index (χ3v) is 7.20. The summed E-state index contributed by atoms with van der Waals surface area (Å²) in [7, 11) is 0. The monoisotopic (exact) mass is 437 g/mol. The van der Waals surface area contributed by atoms with Crippen LogP contribution in [-0.2, 0) is 6.42 Å². The smallest absolute Gasteiger partial charge is 0.253 e. The fourth-order valence-electron chi connectivity index (χ4n) is 5.58. The summed E-state index contributed by atoms with van der Waals surface area (Å²) in [6, 6.07) is 14.6. The Labute approximate surface area is 193 Å². The van der Waals surface area contributed by atoms with Crippen LogP contribution in [0.25, 0.3) is 22.3 Å². The van der Waals surface area contributed by atoms with Gasteiger partial charge >= 0.3 is 0 Å². The molecule has 4 heterocycles. The number of carbonyl (C=O) groups excluding carboxylic acids is 1. The second-order valence-electron chi connectivity index (χ2n) is 9.14. The third-order valence-electron chi connectivity index (χ3n) is 7.20. The van der Waals surface area contributed by atoms with Crippen molar-refractivity contribution in [1.82, 2.24) is 25.2 Å². The molecule has 3 aromatic heterocycles. The van der Waals surface area contributed by atoms with E-state index in [-0.39, 0.29) is 11.9 Å². The highest BCUT2D eigenvalue weighted by atomic mass is 16.1. The zero-order valence-electron chi connectivity index (χ0n) is 18.7. The van der Waals surface area contributed by atoms with Gasteiger partial charge in [-0.25, -0.2) is 4.98 Å². The molecule has 166 valence electrons. The number of likely N-dealkylation sites (tertiary alicyclic amines) is 1. The molecule has 0 radical (unpaired) electrons. The van der Waals surface area contributed by atoms with Gasteiger partial charge in [-0.15, -0.1) is 0 Å². The van der Waals surface area contributed by atoms with E-state index in [2.05, 4.69) is 50.3 Å². The summed E-state index contributed by atoms with van der Waals surface area (Å²) in [6.07, 6.45) is 8.80. The number of pyridine rings is 2. The topological polar surface area (TPSA) is 73.9 Å². The summed E-state index contributed by atoms with van der Waals surface area (Å²) in [5.74, 6) is -0.0686. The van der Waals surface area contributed by atoms with E-state index in [1.807, 2.05) is 30.5 Å². The number of fused-ring (bicyclic) bond motifs is 2. The number of aryl methyl sites for hydroxylation is 1. The van der Waals surface area contributed by atoms with Crippen LogP contribution in [0.1, 0.15) is 45.9 Å². The molecule has 1 aromatic carbocycles. The van der Waals surface area contributed by atoms with E-state index in [0.717, 1.165) is 41.8 Å². The predicted molar refractivity (Wildman–Crippen MR) is 129 cm³/mol. The van der Waals surface area contributed by atoms with Crippen LogP contribution in [0.3, 0.4) is 0 Å². The number of hydrogen-bond acceptors (Lipinski definition) is 4. The first-order chi connectivity index (χ1) is 16.2. The average molecular weight is 438 g/mol. The number of aromatic amines is 1. The van der Waals surface area contributed by atoms with Gasteiger partial charge in [0.15, 0.2) is 0 Å². The van der Waals surface area contributed by atoms with Gasteiger partial charge in [-0.1, -0.05) is 18.2 Å². The van der Waals surface area contributed by atoms with Crippen molar-refractivity contribution >= 4 is 16.9 Å². The number of benzene rings is 1. The van der Waals surface area contributed by atoms with Gasteiger partial charge < -0.3 is 10.3 Å². The summed E-state index contributed by atoms with van der Waals surface area (Å²) in [4.78, 5) is 28.0. The van der Waals surface area contributed by atoms with Crippen LogP contribution in [0.2, 0.25) is 0 Å². The molecule has 1 amide bonds.